The van der Waals surface area contributed by atoms with E-state index in [0.29, 0.717) is 18.2 Å². The van der Waals surface area contributed by atoms with Crippen molar-refractivity contribution in [2.45, 2.75) is 6.54 Å². The Labute approximate surface area is 161 Å². The van der Waals surface area contributed by atoms with Gasteiger partial charge in [0.15, 0.2) is 0 Å². The monoisotopic (exact) mass is 378 g/mol. The van der Waals surface area contributed by atoms with Gasteiger partial charge >= 0.3 is 0 Å². The molecule has 27 heavy (non-hydrogen) atoms. The predicted octanol–water partition coefficient (Wildman–Crippen LogP) is 5.78. The second kappa shape index (κ2) is 7.60. The first-order valence-electron chi connectivity index (χ1n) is 8.46. The zero-order valence-electron chi connectivity index (χ0n) is 14.3. The number of nitrogens with zero attached hydrogens (tertiary/aromatic N) is 2. The summed E-state index contributed by atoms with van der Waals surface area (Å²) in [6.45, 7) is 0.643. The van der Waals surface area contributed by atoms with Gasteiger partial charge < -0.3 is 10.6 Å². The first kappa shape index (κ1) is 17.2. The molecule has 0 fully saturated rings. The van der Waals surface area contributed by atoms with Crippen LogP contribution in [0, 0.1) is 5.82 Å². The van der Waals surface area contributed by atoms with Crippen LogP contribution in [0.25, 0.3) is 10.9 Å². The third kappa shape index (κ3) is 3.99. The maximum atomic E-state index is 13.4. The van der Waals surface area contributed by atoms with Crippen LogP contribution in [0.3, 0.4) is 0 Å². The minimum absolute atomic E-state index is 0.0446. The fourth-order valence-electron chi connectivity index (χ4n) is 2.75. The number of hydrogen-bond donors (Lipinski definition) is 2. The highest BCUT2D eigenvalue weighted by atomic mass is 35.5. The van der Waals surface area contributed by atoms with E-state index in [4.69, 9.17) is 11.6 Å². The molecule has 0 atom stereocenters. The molecule has 2 N–H and O–H groups in total. The minimum Gasteiger partial charge on any atom is -0.365 e. The summed E-state index contributed by atoms with van der Waals surface area (Å²) in [5.41, 5.74) is 2.57. The lowest BCUT2D eigenvalue weighted by molar-refractivity contribution is 0.628. The number of rotatable bonds is 5. The Morgan fingerprint density at radius 2 is 1.67 bits per heavy atom. The van der Waals surface area contributed by atoms with Crippen molar-refractivity contribution in [2.24, 2.45) is 0 Å². The number of hydrogen-bond acceptors (Lipinski definition) is 4. The fourth-order valence-corrected chi connectivity index (χ4v) is 2.93. The van der Waals surface area contributed by atoms with E-state index in [-0.39, 0.29) is 5.02 Å². The summed E-state index contributed by atoms with van der Waals surface area (Å²) < 4.78 is 13.4. The predicted molar refractivity (Wildman–Crippen MR) is 108 cm³/mol. The molecule has 0 aliphatic rings. The molecule has 0 aliphatic carbocycles. The van der Waals surface area contributed by atoms with E-state index in [2.05, 4.69) is 32.7 Å². The van der Waals surface area contributed by atoms with Gasteiger partial charge in [0.2, 0.25) is 5.95 Å². The van der Waals surface area contributed by atoms with Gasteiger partial charge in [0, 0.05) is 17.6 Å². The van der Waals surface area contributed by atoms with Crippen molar-refractivity contribution in [2.75, 3.05) is 10.6 Å². The molecule has 1 heterocycles. The Morgan fingerprint density at radius 3 is 2.48 bits per heavy atom. The van der Waals surface area contributed by atoms with Crippen molar-refractivity contribution in [1.82, 2.24) is 9.97 Å². The molecule has 0 spiro atoms. The summed E-state index contributed by atoms with van der Waals surface area (Å²) >= 11 is 5.86. The highest BCUT2D eigenvalue weighted by molar-refractivity contribution is 6.31. The number of aromatic nitrogens is 2. The number of benzene rings is 3. The second-order valence-corrected chi connectivity index (χ2v) is 6.41. The average Bonchev–Trinajstić information content (AvgIpc) is 2.70. The van der Waals surface area contributed by atoms with Gasteiger partial charge in [-0.05, 0) is 35.9 Å². The minimum atomic E-state index is -0.466. The molecule has 1 aromatic heterocycles. The summed E-state index contributed by atoms with van der Waals surface area (Å²) in [7, 11) is 0. The van der Waals surface area contributed by atoms with Crippen LogP contribution in [0.1, 0.15) is 5.56 Å². The quantitative estimate of drug-likeness (QED) is 0.462. The smallest absolute Gasteiger partial charge is 0.229 e. The van der Waals surface area contributed by atoms with Crippen LogP contribution in [0.15, 0.2) is 72.8 Å². The normalized spacial score (nSPS) is 10.7. The molecule has 4 rings (SSSR count). The largest absolute Gasteiger partial charge is 0.365 e. The molecule has 4 nitrogen and oxygen atoms in total. The van der Waals surface area contributed by atoms with Crippen LogP contribution < -0.4 is 10.6 Å². The van der Waals surface area contributed by atoms with E-state index >= 15 is 0 Å². The van der Waals surface area contributed by atoms with E-state index in [1.165, 1.54) is 12.1 Å². The number of para-hydroxylation sites is 1. The Balaban J connectivity index is 1.66. The van der Waals surface area contributed by atoms with Crippen LogP contribution in [-0.4, -0.2) is 9.97 Å². The van der Waals surface area contributed by atoms with Gasteiger partial charge in [-0.2, -0.15) is 4.98 Å². The van der Waals surface area contributed by atoms with Gasteiger partial charge in [-0.1, -0.05) is 54.1 Å². The molecule has 0 amide bonds. The number of halogens is 2. The summed E-state index contributed by atoms with van der Waals surface area (Å²) in [5, 5.41) is 7.43. The zero-order chi connectivity index (χ0) is 18.6. The Kier molecular flexibility index (Phi) is 4.85. The van der Waals surface area contributed by atoms with Gasteiger partial charge in [-0.3, -0.25) is 0 Å². The van der Waals surface area contributed by atoms with Crippen LogP contribution in [0.5, 0.6) is 0 Å². The molecule has 0 unspecified atom stereocenters. The van der Waals surface area contributed by atoms with E-state index < -0.39 is 5.82 Å². The van der Waals surface area contributed by atoms with Gasteiger partial charge in [-0.15, -0.1) is 0 Å². The average molecular weight is 379 g/mol. The van der Waals surface area contributed by atoms with Crippen molar-refractivity contribution >= 4 is 40.0 Å². The molecule has 0 bridgehead atoms. The summed E-state index contributed by atoms with van der Waals surface area (Å²) in [4.78, 5) is 9.13. The van der Waals surface area contributed by atoms with Gasteiger partial charge in [0.1, 0.15) is 11.6 Å². The number of fused-ring (bicyclic) bond motifs is 1. The molecular formula is C21H16ClFN4. The molecule has 0 saturated carbocycles. The zero-order valence-corrected chi connectivity index (χ0v) is 15.0. The first-order valence-corrected chi connectivity index (χ1v) is 8.83. The lowest BCUT2D eigenvalue weighted by atomic mass is 10.2. The Hall–Kier alpha value is -3.18. The highest BCUT2D eigenvalue weighted by Gasteiger charge is 2.09. The molecule has 0 saturated heterocycles. The third-order valence-electron chi connectivity index (χ3n) is 4.08. The van der Waals surface area contributed by atoms with Gasteiger partial charge in [0.25, 0.3) is 0 Å². The molecular weight excluding hydrogens is 363 g/mol. The molecule has 3 aromatic carbocycles. The van der Waals surface area contributed by atoms with Crippen molar-refractivity contribution in [3.05, 3.63) is 89.2 Å². The van der Waals surface area contributed by atoms with Crippen LogP contribution in [0.2, 0.25) is 5.02 Å². The lowest BCUT2D eigenvalue weighted by Crippen LogP contribution is -2.05. The molecule has 0 radical (unpaired) electrons. The van der Waals surface area contributed by atoms with Crippen LogP contribution in [-0.2, 0) is 6.54 Å². The Morgan fingerprint density at radius 1 is 0.889 bits per heavy atom. The highest BCUT2D eigenvalue weighted by Crippen LogP contribution is 2.26. The van der Waals surface area contributed by atoms with Crippen molar-refractivity contribution < 1.29 is 4.39 Å². The van der Waals surface area contributed by atoms with E-state index in [1.54, 1.807) is 6.07 Å². The molecule has 4 aromatic rings. The third-order valence-corrected chi connectivity index (χ3v) is 4.37. The topological polar surface area (TPSA) is 49.8 Å². The second-order valence-electron chi connectivity index (χ2n) is 6.01. The summed E-state index contributed by atoms with van der Waals surface area (Å²) in [6.07, 6.45) is 0. The standard InChI is InChI=1S/C21H16ClFN4/c22-17-12-15(10-11-18(17)23)25-21-26-19-9-5-4-8-16(19)20(27-21)24-13-14-6-2-1-3-7-14/h1-12H,13H2,(H2,24,25,26,27). The molecule has 134 valence electrons. The van der Waals surface area contributed by atoms with Crippen LogP contribution in [0.4, 0.5) is 21.8 Å². The van der Waals surface area contributed by atoms with E-state index in [1.807, 2.05) is 42.5 Å². The maximum Gasteiger partial charge on any atom is 0.229 e. The maximum absolute atomic E-state index is 13.4. The van der Waals surface area contributed by atoms with E-state index in [9.17, 15) is 4.39 Å². The number of nitrogens with one attached hydrogen (secondary N) is 2. The lowest BCUT2D eigenvalue weighted by Gasteiger charge is -2.12. The van der Waals surface area contributed by atoms with E-state index in [0.717, 1.165) is 22.3 Å². The molecule has 6 heteroatoms. The first-order chi connectivity index (χ1) is 13.2. The SMILES string of the molecule is Fc1ccc(Nc2nc(NCc3ccccc3)c3ccccc3n2)cc1Cl. The van der Waals surface area contributed by atoms with Gasteiger partial charge in [-0.25, -0.2) is 9.37 Å². The van der Waals surface area contributed by atoms with Crippen molar-refractivity contribution in [1.29, 1.82) is 0 Å². The van der Waals surface area contributed by atoms with Crippen LogP contribution >= 0.6 is 11.6 Å². The molecule has 0 aliphatic heterocycles. The fraction of sp³-hybridized carbons (Fsp3) is 0.0476. The summed E-state index contributed by atoms with van der Waals surface area (Å²) in [5.74, 6) is 0.666. The van der Waals surface area contributed by atoms with Gasteiger partial charge in [0.05, 0.1) is 10.5 Å². The summed E-state index contributed by atoms with van der Waals surface area (Å²) in [6, 6.07) is 22.3. The van der Waals surface area contributed by atoms with Crippen molar-refractivity contribution in [3.63, 3.8) is 0 Å². The Bertz CT molecular complexity index is 1090. The number of anilines is 3. The van der Waals surface area contributed by atoms with Crippen molar-refractivity contribution in [3.8, 4) is 0 Å².